The molecule has 0 unspecified atom stereocenters. The van der Waals surface area contributed by atoms with Crippen molar-refractivity contribution in [3.8, 4) is 0 Å². The van der Waals surface area contributed by atoms with Crippen LogP contribution in [-0.4, -0.2) is 16.1 Å². The molecule has 0 fully saturated rings. The van der Waals surface area contributed by atoms with Crippen LogP contribution in [0, 0.1) is 11.6 Å². The zero-order valence-corrected chi connectivity index (χ0v) is 10.1. The highest BCUT2D eigenvalue weighted by Gasteiger charge is 2.15. The molecule has 0 bridgehead atoms. The van der Waals surface area contributed by atoms with Crippen LogP contribution in [0.2, 0.25) is 5.02 Å². The zero-order valence-electron chi connectivity index (χ0n) is 9.32. The van der Waals surface area contributed by atoms with Gasteiger partial charge in [0.2, 0.25) is 0 Å². The Hall–Kier alpha value is -2.21. The molecule has 0 radical (unpaired) electrons. The topological polar surface area (TPSA) is 62.2 Å². The number of hydrogen-bond donors (Lipinski definition) is 2. The summed E-state index contributed by atoms with van der Waals surface area (Å²) in [6.07, 6.45) is 1.15. The number of pyridine rings is 1. The normalized spacial score (nSPS) is 10.3. The van der Waals surface area contributed by atoms with Gasteiger partial charge in [-0.15, -0.1) is 0 Å². The smallest absolute Gasteiger partial charge is 0.338 e. The summed E-state index contributed by atoms with van der Waals surface area (Å²) in [6.45, 7) is 0. The molecule has 0 aliphatic heterocycles. The van der Waals surface area contributed by atoms with E-state index in [4.69, 9.17) is 16.7 Å². The first-order valence-electron chi connectivity index (χ1n) is 5.09. The lowest BCUT2D eigenvalue weighted by molar-refractivity contribution is 0.0692. The number of carboxylic acid groups (broad SMARTS) is 1. The van der Waals surface area contributed by atoms with E-state index in [2.05, 4.69) is 10.3 Å². The summed E-state index contributed by atoms with van der Waals surface area (Å²) in [5.74, 6) is -3.29. The van der Waals surface area contributed by atoms with Gasteiger partial charge < -0.3 is 10.4 Å². The molecule has 0 atom stereocenters. The number of carboxylic acids is 1. The third-order valence-corrected chi connectivity index (χ3v) is 2.59. The number of aromatic nitrogens is 1. The van der Waals surface area contributed by atoms with Crippen LogP contribution in [0.1, 0.15) is 10.4 Å². The summed E-state index contributed by atoms with van der Waals surface area (Å²) >= 11 is 5.58. The van der Waals surface area contributed by atoms with Crippen LogP contribution in [-0.2, 0) is 0 Å². The second-order valence-electron chi connectivity index (χ2n) is 3.58. The number of halogens is 3. The van der Waals surface area contributed by atoms with Crippen molar-refractivity contribution in [1.29, 1.82) is 0 Å². The summed E-state index contributed by atoms with van der Waals surface area (Å²) in [4.78, 5) is 14.4. The molecule has 2 aromatic rings. The third kappa shape index (κ3) is 2.79. The Balaban J connectivity index is 2.35. The van der Waals surface area contributed by atoms with Gasteiger partial charge in [-0.25, -0.2) is 18.6 Å². The molecule has 1 aromatic heterocycles. The highest BCUT2D eigenvalue weighted by molar-refractivity contribution is 6.31. The van der Waals surface area contributed by atoms with Gasteiger partial charge >= 0.3 is 5.97 Å². The lowest BCUT2D eigenvalue weighted by Crippen LogP contribution is -2.05. The van der Waals surface area contributed by atoms with Crippen LogP contribution in [0.25, 0.3) is 0 Å². The standard InChI is InChI=1S/C12H7ClF2N2O2/c13-8-5-6(1-2-9(8)14)17-11-10(15)7(12(18)19)3-4-16-11/h1-5H,(H,16,17)(H,18,19). The molecule has 98 valence electrons. The van der Waals surface area contributed by atoms with E-state index in [0.29, 0.717) is 5.69 Å². The van der Waals surface area contributed by atoms with E-state index in [-0.39, 0.29) is 10.8 Å². The Morgan fingerprint density at radius 1 is 1.32 bits per heavy atom. The SMILES string of the molecule is O=C(O)c1ccnc(Nc2ccc(F)c(Cl)c2)c1F. The number of anilines is 2. The van der Waals surface area contributed by atoms with Gasteiger partial charge in [0.15, 0.2) is 11.6 Å². The summed E-state index contributed by atoms with van der Waals surface area (Å²) in [5.41, 5.74) is -0.217. The fraction of sp³-hybridized carbons (Fsp3) is 0. The van der Waals surface area contributed by atoms with Gasteiger partial charge in [-0.3, -0.25) is 0 Å². The number of carbonyl (C=O) groups is 1. The Kier molecular flexibility index (Phi) is 3.62. The van der Waals surface area contributed by atoms with E-state index in [1.807, 2.05) is 0 Å². The minimum absolute atomic E-state index is 0.139. The predicted molar refractivity (Wildman–Crippen MR) is 65.8 cm³/mol. The first-order valence-corrected chi connectivity index (χ1v) is 5.46. The van der Waals surface area contributed by atoms with Crippen LogP contribution < -0.4 is 5.32 Å². The van der Waals surface area contributed by atoms with Gasteiger partial charge in [-0.1, -0.05) is 11.6 Å². The van der Waals surface area contributed by atoms with Crippen molar-refractivity contribution in [3.05, 3.63) is 52.7 Å². The maximum atomic E-state index is 13.8. The van der Waals surface area contributed by atoms with Gasteiger partial charge in [0.05, 0.1) is 5.02 Å². The number of benzene rings is 1. The van der Waals surface area contributed by atoms with Gasteiger partial charge in [-0.2, -0.15) is 0 Å². The van der Waals surface area contributed by atoms with Gasteiger partial charge in [0, 0.05) is 11.9 Å². The van der Waals surface area contributed by atoms with Crippen LogP contribution >= 0.6 is 11.6 Å². The average Bonchev–Trinajstić information content (AvgIpc) is 2.36. The van der Waals surface area contributed by atoms with E-state index in [1.165, 1.54) is 12.1 Å². The molecule has 4 nitrogen and oxygen atoms in total. The van der Waals surface area contributed by atoms with Crippen molar-refractivity contribution < 1.29 is 18.7 Å². The molecule has 1 aromatic carbocycles. The van der Waals surface area contributed by atoms with E-state index >= 15 is 0 Å². The largest absolute Gasteiger partial charge is 0.478 e. The highest BCUT2D eigenvalue weighted by atomic mass is 35.5. The Morgan fingerprint density at radius 2 is 2.05 bits per heavy atom. The molecule has 0 aliphatic rings. The number of aromatic carboxylic acids is 1. The lowest BCUT2D eigenvalue weighted by Gasteiger charge is -2.08. The number of nitrogens with zero attached hydrogens (tertiary/aromatic N) is 1. The molecule has 0 amide bonds. The Bertz CT molecular complexity index is 650. The van der Waals surface area contributed by atoms with Crippen LogP contribution in [0.15, 0.2) is 30.5 Å². The van der Waals surface area contributed by atoms with Crippen LogP contribution in [0.4, 0.5) is 20.3 Å². The summed E-state index contributed by atoms with van der Waals surface area (Å²) < 4.78 is 26.7. The van der Waals surface area contributed by atoms with Crippen molar-refractivity contribution in [3.63, 3.8) is 0 Å². The minimum Gasteiger partial charge on any atom is -0.478 e. The van der Waals surface area contributed by atoms with Crippen LogP contribution in [0.5, 0.6) is 0 Å². The fourth-order valence-electron chi connectivity index (χ4n) is 1.41. The Labute approximate surface area is 111 Å². The molecular weight excluding hydrogens is 278 g/mol. The molecular formula is C12H7ClF2N2O2. The van der Waals surface area contributed by atoms with Crippen molar-refractivity contribution in [2.45, 2.75) is 0 Å². The zero-order chi connectivity index (χ0) is 14.0. The first kappa shape index (κ1) is 13.2. The second kappa shape index (κ2) is 5.19. The molecule has 19 heavy (non-hydrogen) atoms. The molecule has 0 aliphatic carbocycles. The quantitative estimate of drug-likeness (QED) is 0.906. The summed E-state index contributed by atoms with van der Waals surface area (Å²) in [5, 5.41) is 11.2. The average molecular weight is 285 g/mol. The molecule has 0 saturated heterocycles. The van der Waals surface area contributed by atoms with E-state index in [9.17, 15) is 13.6 Å². The maximum absolute atomic E-state index is 13.8. The fourth-order valence-corrected chi connectivity index (χ4v) is 1.59. The number of rotatable bonds is 3. The first-order chi connectivity index (χ1) is 8.99. The van der Waals surface area contributed by atoms with E-state index in [1.54, 1.807) is 0 Å². The van der Waals surface area contributed by atoms with E-state index in [0.717, 1.165) is 18.3 Å². The predicted octanol–water partition coefficient (Wildman–Crippen LogP) is 3.46. The molecule has 1 heterocycles. The molecule has 0 spiro atoms. The molecule has 0 saturated carbocycles. The number of hydrogen-bond acceptors (Lipinski definition) is 3. The lowest BCUT2D eigenvalue weighted by atomic mass is 10.2. The Morgan fingerprint density at radius 3 is 2.68 bits per heavy atom. The molecule has 2 N–H and O–H groups in total. The van der Waals surface area contributed by atoms with Gasteiger partial charge in [-0.05, 0) is 24.3 Å². The van der Waals surface area contributed by atoms with E-state index < -0.39 is 23.2 Å². The maximum Gasteiger partial charge on any atom is 0.338 e. The monoisotopic (exact) mass is 284 g/mol. The molecule has 2 rings (SSSR count). The van der Waals surface area contributed by atoms with Crippen molar-refractivity contribution in [2.75, 3.05) is 5.32 Å². The van der Waals surface area contributed by atoms with Gasteiger partial charge in [0.1, 0.15) is 11.4 Å². The number of nitrogens with one attached hydrogen (secondary N) is 1. The summed E-state index contributed by atoms with van der Waals surface area (Å²) in [7, 11) is 0. The second-order valence-corrected chi connectivity index (χ2v) is 3.99. The molecule has 7 heteroatoms. The van der Waals surface area contributed by atoms with Crippen molar-refractivity contribution >= 4 is 29.1 Å². The minimum atomic E-state index is -1.40. The van der Waals surface area contributed by atoms with Crippen molar-refractivity contribution in [2.24, 2.45) is 0 Å². The summed E-state index contributed by atoms with van der Waals surface area (Å²) in [6, 6.07) is 4.71. The van der Waals surface area contributed by atoms with Crippen LogP contribution in [0.3, 0.4) is 0 Å². The highest BCUT2D eigenvalue weighted by Crippen LogP contribution is 2.24. The van der Waals surface area contributed by atoms with Crippen molar-refractivity contribution in [1.82, 2.24) is 4.98 Å². The third-order valence-electron chi connectivity index (χ3n) is 2.30. The van der Waals surface area contributed by atoms with Gasteiger partial charge in [0.25, 0.3) is 0 Å².